The number of nitrogens with one attached hydrogen (secondary N) is 1. The average molecular weight is 256 g/mol. The first-order chi connectivity index (χ1) is 9.31. The molecular weight excluding hydrogens is 240 g/mol. The first-order valence-electron chi connectivity index (χ1n) is 6.09. The van der Waals surface area contributed by atoms with Crippen LogP contribution in [0.1, 0.15) is 10.4 Å². The van der Waals surface area contributed by atoms with Crippen molar-refractivity contribution in [2.45, 2.75) is 0 Å². The molecule has 0 aliphatic rings. The predicted octanol–water partition coefficient (Wildman–Crippen LogP) is 2.12. The molecule has 1 amide bonds. The summed E-state index contributed by atoms with van der Waals surface area (Å²) in [6, 6.07) is 11.7. The van der Waals surface area contributed by atoms with Crippen LogP contribution in [0.2, 0.25) is 0 Å². The quantitative estimate of drug-likeness (QED) is 0.834. The third-order valence-electron chi connectivity index (χ3n) is 2.70. The summed E-state index contributed by atoms with van der Waals surface area (Å²) in [7, 11) is 1.60. The fourth-order valence-electron chi connectivity index (χ4n) is 1.72. The molecule has 19 heavy (non-hydrogen) atoms. The molecule has 0 unspecified atom stereocenters. The van der Waals surface area contributed by atoms with Crippen molar-refractivity contribution in [1.29, 1.82) is 0 Å². The van der Waals surface area contributed by atoms with E-state index in [1.807, 2.05) is 36.4 Å². The summed E-state index contributed by atoms with van der Waals surface area (Å²) in [6.07, 6.45) is 3.32. The van der Waals surface area contributed by atoms with Crippen LogP contribution >= 0.6 is 0 Å². The average Bonchev–Trinajstić information content (AvgIpc) is 2.48. The molecule has 1 aromatic carbocycles. The number of benzene rings is 1. The van der Waals surface area contributed by atoms with Crippen LogP contribution in [0.4, 0.5) is 0 Å². The maximum absolute atomic E-state index is 11.9. The highest BCUT2D eigenvalue weighted by molar-refractivity contribution is 5.95. The van der Waals surface area contributed by atoms with Crippen LogP contribution in [0.3, 0.4) is 0 Å². The fourth-order valence-corrected chi connectivity index (χ4v) is 1.72. The third-order valence-corrected chi connectivity index (χ3v) is 2.70. The minimum absolute atomic E-state index is 0.137. The minimum atomic E-state index is -0.137. The van der Waals surface area contributed by atoms with Gasteiger partial charge in [-0.25, -0.2) is 0 Å². The van der Waals surface area contributed by atoms with Crippen LogP contribution < -0.4 is 5.32 Å². The Morgan fingerprint density at radius 1 is 1.21 bits per heavy atom. The summed E-state index contributed by atoms with van der Waals surface area (Å²) in [5, 5.41) is 2.77. The highest BCUT2D eigenvalue weighted by Crippen LogP contribution is 2.18. The van der Waals surface area contributed by atoms with Crippen molar-refractivity contribution in [3.63, 3.8) is 0 Å². The lowest BCUT2D eigenvalue weighted by Gasteiger charge is -2.06. The van der Waals surface area contributed by atoms with Gasteiger partial charge in [-0.15, -0.1) is 0 Å². The zero-order chi connectivity index (χ0) is 13.5. The number of amides is 1. The zero-order valence-electron chi connectivity index (χ0n) is 10.8. The number of pyridine rings is 1. The van der Waals surface area contributed by atoms with Gasteiger partial charge >= 0.3 is 0 Å². The Hall–Kier alpha value is -2.20. The molecule has 0 aliphatic heterocycles. The van der Waals surface area contributed by atoms with Gasteiger partial charge in [0.2, 0.25) is 0 Å². The van der Waals surface area contributed by atoms with E-state index in [2.05, 4.69) is 10.3 Å². The van der Waals surface area contributed by atoms with Crippen molar-refractivity contribution in [1.82, 2.24) is 10.3 Å². The minimum Gasteiger partial charge on any atom is -0.383 e. The fraction of sp³-hybridized carbons (Fsp3) is 0.200. The number of rotatable bonds is 5. The normalized spacial score (nSPS) is 10.2. The van der Waals surface area contributed by atoms with Crippen LogP contribution in [0, 0.1) is 0 Å². The maximum atomic E-state index is 11.9. The molecule has 1 N–H and O–H groups in total. The van der Waals surface area contributed by atoms with E-state index in [0.717, 1.165) is 11.1 Å². The SMILES string of the molecule is COCCNC(=O)c1cncc(-c2ccccc2)c1. The smallest absolute Gasteiger partial charge is 0.252 e. The van der Waals surface area contributed by atoms with E-state index < -0.39 is 0 Å². The zero-order valence-corrected chi connectivity index (χ0v) is 10.8. The number of nitrogens with zero attached hydrogens (tertiary/aromatic N) is 1. The van der Waals surface area contributed by atoms with Gasteiger partial charge in [0.1, 0.15) is 0 Å². The molecule has 2 rings (SSSR count). The van der Waals surface area contributed by atoms with Crippen molar-refractivity contribution in [3.05, 3.63) is 54.4 Å². The van der Waals surface area contributed by atoms with Crippen LogP contribution in [0.15, 0.2) is 48.8 Å². The number of carbonyl (C=O) groups excluding carboxylic acids is 1. The standard InChI is InChI=1S/C15H16N2O2/c1-19-8-7-17-15(18)14-9-13(10-16-11-14)12-5-3-2-4-6-12/h2-6,9-11H,7-8H2,1H3,(H,17,18). The lowest BCUT2D eigenvalue weighted by Crippen LogP contribution is -2.27. The predicted molar refractivity (Wildman–Crippen MR) is 73.9 cm³/mol. The lowest BCUT2D eigenvalue weighted by atomic mass is 10.1. The van der Waals surface area contributed by atoms with E-state index in [-0.39, 0.29) is 5.91 Å². The van der Waals surface area contributed by atoms with Gasteiger partial charge in [-0.2, -0.15) is 0 Å². The summed E-state index contributed by atoms with van der Waals surface area (Å²) < 4.78 is 4.89. The topological polar surface area (TPSA) is 51.2 Å². The second-order valence-electron chi connectivity index (χ2n) is 4.08. The first kappa shape index (κ1) is 13.2. The van der Waals surface area contributed by atoms with Crippen LogP contribution in [-0.2, 0) is 4.74 Å². The third kappa shape index (κ3) is 3.63. The number of hydrogen-bond donors (Lipinski definition) is 1. The maximum Gasteiger partial charge on any atom is 0.252 e. The molecule has 0 saturated heterocycles. The summed E-state index contributed by atoms with van der Waals surface area (Å²) in [4.78, 5) is 16.0. The summed E-state index contributed by atoms with van der Waals surface area (Å²) in [5.74, 6) is -0.137. The molecule has 0 radical (unpaired) electrons. The largest absolute Gasteiger partial charge is 0.383 e. The van der Waals surface area contributed by atoms with E-state index in [1.54, 1.807) is 19.5 Å². The second kappa shape index (κ2) is 6.66. The Balaban J connectivity index is 2.13. The lowest BCUT2D eigenvalue weighted by molar-refractivity contribution is 0.0937. The number of hydrogen-bond acceptors (Lipinski definition) is 3. The van der Waals surface area contributed by atoms with Crippen LogP contribution in [0.5, 0.6) is 0 Å². The van der Waals surface area contributed by atoms with Crippen molar-refractivity contribution in [3.8, 4) is 11.1 Å². The van der Waals surface area contributed by atoms with Gasteiger partial charge in [0.05, 0.1) is 12.2 Å². The van der Waals surface area contributed by atoms with Crippen molar-refractivity contribution in [2.24, 2.45) is 0 Å². The van der Waals surface area contributed by atoms with E-state index in [4.69, 9.17) is 4.74 Å². The summed E-state index contributed by atoms with van der Waals surface area (Å²) in [6.45, 7) is 0.989. The van der Waals surface area contributed by atoms with Gasteiger partial charge in [0.15, 0.2) is 0 Å². The molecule has 0 fully saturated rings. The molecule has 4 nitrogen and oxygen atoms in total. The van der Waals surface area contributed by atoms with Gasteiger partial charge in [-0.1, -0.05) is 30.3 Å². The summed E-state index contributed by atoms with van der Waals surface area (Å²) >= 11 is 0. The Bertz CT molecular complexity index is 541. The molecule has 1 aromatic heterocycles. The van der Waals surface area contributed by atoms with Crippen LogP contribution in [0.25, 0.3) is 11.1 Å². The molecule has 98 valence electrons. The van der Waals surface area contributed by atoms with Gasteiger partial charge in [-0.3, -0.25) is 9.78 Å². The van der Waals surface area contributed by atoms with E-state index in [0.29, 0.717) is 18.7 Å². The molecule has 0 bridgehead atoms. The molecule has 0 spiro atoms. The number of methoxy groups -OCH3 is 1. The van der Waals surface area contributed by atoms with Crippen molar-refractivity contribution < 1.29 is 9.53 Å². The highest BCUT2D eigenvalue weighted by Gasteiger charge is 2.07. The van der Waals surface area contributed by atoms with Crippen molar-refractivity contribution in [2.75, 3.05) is 20.3 Å². The Labute approximate surface area is 112 Å². The molecule has 0 saturated carbocycles. The first-order valence-corrected chi connectivity index (χ1v) is 6.09. The second-order valence-corrected chi connectivity index (χ2v) is 4.08. The Kier molecular flexibility index (Phi) is 4.64. The number of carbonyl (C=O) groups is 1. The van der Waals surface area contributed by atoms with E-state index >= 15 is 0 Å². The molecular formula is C15H16N2O2. The number of aromatic nitrogens is 1. The molecule has 4 heteroatoms. The molecule has 1 heterocycles. The Morgan fingerprint density at radius 3 is 2.74 bits per heavy atom. The van der Waals surface area contributed by atoms with E-state index in [1.165, 1.54) is 0 Å². The van der Waals surface area contributed by atoms with Crippen molar-refractivity contribution >= 4 is 5.91 Å². The summed E-state index contributed by atoms with van der Waals surface area (Å²) in [5.41, 5.74) is 2.53. The van der Waals surface area contributed by atoms with Gasteiger partial charge in [0, 0.05) is 31.6 Å². The van der Waals surface area contributed by atoms with Gasteiger partial charge < -0.3 is 10.1 Å². The monoisotopic (exact) mass is 256 g/mol. The number of ether oxygens (including phenoxy) is 1. The van der Waals surface area contributed by atoms with E-state index in [9.17, 15) is 4.79 Å². The van der Waals surface area contributed by atoms with Crippen LogP contribution in [-0.4, -0.2) is 31.2 Å². The molecule has 0 aliphatic carbocycles. The molecule has 0 atom stereocenters. The Morgan fingerprint density at radius 2 is 2.00 bits per heavy atom. The van der Waals surface area contributed by atoms with Gasteiger partial charge in [0.25, 0.3) is 5.91 Å². The van der Waals surface area contributed by atoms with Gasteiger partial charge in [-0.05, 0) is 11.6 Å². The highest BCUT2D eigenvalue weighted by atomic mass is 16.5. The molecule has 2 aromatic rings.